The van der Waals surface area contributed by atoms with Gasteiger partial charge >= 0.3 is 0 Å². The Balaban J connectivity index is 2.52. The van der Waals surface area contributed by atoms with Gasteiger partial charge in [0.15, 0.2) is 0 Å². The number of carbonyl (C=O) groups is 1. The average molecular weight is 266 g/mol. The summed E-state index contributed by atoms with van der Waals surface area (Å²) < 4.78 is 13.1. The van der Waals surface area contributed by atoms with Gasteiger partial charge in [-0.25, -0.2) is 4.39 Å². The Bertz CT molecular complexity index is 452. The lowest BCUT2D eigenvalue weighted by molar-refractivity contribution is -0.124. The minimum absolute atomic E-state index is 0.0358. The van der Waals surface area contributed by atoms with Crippen molar-refractivity contribution in [2.24, 2.45) is 0 Å². The summed E-state index contributed by atoms with van der Waals surface area (Å²) in [6.45, 7) is 9.93. The molecule has 0 saturated carbocycles. The fraction of sp³-hybridized carbons (Fsp3) is 0.533. The molecule has 0 spiro atoms. The first-order valence-corrected chi connectivity index (χ1v) is 6.49. The Morgan fingerprint density at radius 2 is 2.00 bits per heavy atom. The van der Waals surface area contributed by atoms with Gasteiger partial charge in [0.2, 0.25) is 5.91 Å². The Kier molecular flexibility index (Phi) is 5.06. The highest BCUT2D eigenvalue weighted by Gasteiger charge is 2.18. The van der Waals surface area contributed by atoms with Crippen molar-refractivity contribution >= 4 is 5.91 Å². The van der Waals surface area contributed by atoms with Gasteiger partial charge in [-0.1, -0.05) is 12.1 Å². The van der Waals surface area contributed by atoms with Crippen LogP contribution in [0.3, 0.4) is 0 Å². The summed E-state index contributed by atoms with van der Waals surface area (Å²) in [6.07, 6.45) is 0. The molecule has 0 heterocycles. The highest BCUT2D eigenvalue weighted by Crippen LogP contribution is 2.09. The second kappa shape index (κ2) is 6.15. The van der Waals surface area contributed by atoms with Crippen LogP contribution in [0.15, 0.2) is 18.2 Å². The maximum atomic E-state index is 13.1. The van der Waals surface area contributed by atoms with Crippen LogP contribution in [-0.4, -0.2) is 17.5 Å². The first kappa shape index (κ1) is 15.6. The molecule has 4 heteroatoms. The van der Waals surface area contributed by atoms with Crippen molar-refractivity contribution in [1.29, 1.82) is 0 Å². The zero-order valence-corrected chi connectivity index (χ0v) is 12.3. The maximum absolute atomic E-state index is 13.1. The van der Waals surface area contributed by atoms with E-state index in [9.17, 15) is 9.18 Å². The molecule has 0 radical (unpaired) electrons. The highest BCUT2D eigenvalue weighted by atomic mass is 19.1. The Labute approximate surface area is 114 Å². The molecule has 19 heavy (non-hydrogen) atoms. The van der Waals surface area contributed by atoms with Crippen molar-refractivity contribution < 1.29 is 9.18 Å². The fourth-order valence-corrected chi connectivity index (χ4v) is 1.66. The van der Waals surface area contributed by atoms with Gasteiger partial charge in [0.05, 0.1) is 6.04 Å². The molecule has 0 aromatic heterocycles. The minimum Gasteiger partial charge on any atom is -0.350 e. The topological polar surface area (TPSA) is 41.1 Å². The predicted octanol–water partition coefficient (Wildman–Crippen LogP) is 2.53. The van der Waals surface area contributed by atoms with Crippen molar-refractivity contribution in [3.8, 4) is 0 Å². The van der Waals surface area contributed by atoms with E-state index >= 15 is 0 Å². The van der Waals surface area contributed by atoms with Crippen molar-refractivity contribution in [3.63, 3.8) is 0 Å². The summed E-state index contributed by atoms with van der Waals surface area (Å²) in [6, 6.07) is 4.68. The third-order valence-corrected chi connectivity index (χ3v) is 2.73. The molecule has 1 amide bonds. The quantitative estimate of drug-likeness (QED) is 0.879. The van der Waals surface area contributed by atoms with Crippen molar-refractivity contribution in [2.75, 3.05) is 0 Å². The first-order valence-electron chi connectivity index (χ1n) is 6.49. The van der Waals surface area contributed by atoms with Gasteiger partial charge in [0.1, 0.15) is 5.82 Å². The molecular formula is C15H23FN2O. The molecule has 1 unspecified atom stereocenters. The van der Waals surface area contributed by atoms with Gasteiger partial charge in [-0.2, -0.15) is 0 Å². The number of halogens is 1. The maximum Gasteiger partial charge on any atom is 0.237 e. The smallest absolute Gasteiger partial charge is 0.237 e. The Hall–Kier alpha value is -1.42. The Morgan fingerprint density at radius 3 is 2.53 bits per heavy atom. The van der Waals surface area contributed by atoms with Crippen LogP contribution in [0.25, 0.3) is 0 Å². The molecule has 1 aromatic rings. The van der Waals surface area contributed by atoms with Crippen LogP contribution in [0.1, 0.15) is 38.8 Å². The van der Waals surface area contributed by atoms with Crippen LogP contribution in [0.5, 0.6) is 0 Å². The van der Waals surface area contributed by atoms with Crippen LogP contribution in [0.4, 0.5) is 4.39 Å². The third kappa shape index (κ3) is 5.39. The number of amides is 1. The molecule has 0 bridgehead atoms. The molecule has 0 aliphatic carbocycles. The molecule has 106 valence electrons. The van der Waals surface area contributed by atoms with Gasteiger partial charge < -0.3 is 10.6 Å². The van der Waals surface area contributed by atoms with E-state index in [1.807, 2.05) is 27.7 Å². The summed E-state index contributed by atoms with van der Waals surface area (Å²) in [5.41, 5.74) is 1.35. The van der Waals surface area contributed by atoms with Crippen molar-refractivity contribution in [3.05, 3.63) is 35.1 Å². The van der Waals surface area contributed by atoms with E-state index in [1.54, 1.807) is 19.1 Å². The first-order chi connectivity index (χ1) is 8.69. The standard InChI is InChI=1S/C15H23FN2O/c1-10-8-12(6-7-13(10)16)9-17-11(2)14(19)18-15(3,4)5/h6-8,11,17H,9H2,1-5H3,(H,18,19). The molecular weight excluding hydrogens is 243 g/mol. The minimum atomic E-state index is -0.287. The van der Waals surface area contributed by atoms with Crippen molar-refractivity contribution in [2.45, 2.75) is 52.7 Å². The van der Waals surface area contributed by atoms with Crippen LogP contribution in [-0.2, 0) is 11.3 Å². The van der Waals surface area contributed by atoms with Crippen LogP contribution < -0.4 is 10.6 Å². The monoisotopic (exact) mass is 266 g/mol. The number of hydrogen-bond acceptors (Lipinski definition) is 2. The molecule has 0 aliphatic rings. The largest absolute Gasteiger partial charge is 0.350 e. The zero-order chi connectivity index (χ0) is 14.6. The average Bonchev–Trinajstić information content (AvgIpc) is 2.28. The molecule has 0 aliphatic heterocycles. The van der Waals surface area contributed by atoms with E-state index in [0.29, 0.717) is 12.1 Å². The zero-order valence-electron chi connectivity index (χ0n) is 12.3. The lowest BCUT2D eigenvalue weighted by Gasteiger charge is -2.23. The summed E-state index contributed by atoms with van der Waals surface area (Å²) in [7, 11) is 0. The summed E-state index contributed by atoms with van der Waals surface area (Å²) in [5, 5.41) is 6.05. The second-order valence-electron chi connectivity index (χ2n) is 5.93. The number of rotatable bonds is 4. The lowest BCUT2D eigenvalue weighted by atomic mass is 10.1. The molecule has 2 N–H and O–H groups in total. The summed E-state index contributed by atoms with van der Waals surface area (Å²) >= 11 is 0. The van der Waals surface area contributed by atoms with E-state index in [-0.39, 0.29) is 23.3 Å². The van der Waals surface area contributed by atoms with Crippen LogP contribution in [0, 0.1) is 12.7 Å². The fourth-order valence-electron chi connectivity index (χ4n) is 1.66. The van der Waals surface area contributed by atoms with Gasteiger partial charge in [-0.3, -0.25) is 4.79 Å². The molecule has 1 atom stereocenters. The number of nitrogens with one attached hydrogen (secondary N) is 2. The number of carbonyl (C=O) groups excluding carboxylic acids is 1. The number of hydrogen-bond donors (Lipinski definition) is 2. The van der Waals surface area contributed by atoms with Gasteiger partial charge in [-0.15, -0.1) is 0 Å². The molecule has 0 fully saturated rings. The molecule has 1 rings (SSSR count). The SMILES string of the molecule is Cc1cc(CNC(C)C(=O)NC(C)(C)C)ccc1F. The van der Waals surface area contributed by atoms with E-state index in [1.165, 1.54) is 6.07 Å². The lowest BCUT2D eigenvalue weighted by Crippen LogP contribution is -2.49. The molecule has 1 aromatic carbocycles. The third-order valence-electron chi connectivity index (χ3n) is 2.73. The highest BCUT2D eigenvalue weighted by molar-refractivity contribution is 5.81. The van der Waals surface area contributed by atoms with E-state index in [2.05, 4.69) is 10.6 Å². The summed E-state index contributed by atoms with van der Waals surface area (Å²) in [4.78, 5) is 11.9. The predicted molar refractivity (Wildman–Crippen MR) is 75.3 cm³/mol. The van der Waals surface area contributed by atoms with Crippen molar-refractivity contribution in [1.82, 2.24) is 10.6 Å². The summed E-state index contributed by atoms with van der Waals surface area (Å²) in [5.74, 6) is -0.242. The molecule has 0 saturated heterocycles. The normalized spacial score (nSPS) is 13.2. The second-order valence-corrected chi connectivity index (χ2v) is 5.93. The number of aryl methyl sites for hydroxylation is 1. The van der Waals surface area contributed by atoms with E-state index in [4.69, 9.17) is 0 Å². The van der Waals surface area contributed by atoms with Gasteiger partial charge in [0.25, 0.3) is 0 Å². The van der Waals surface area contributed by atoms with E-state index < -0.39 is 0 Å². The molecule has 3 nitrogen and oxygen atoms in total. The van der Waals surface area contributed by atoms with Gasteiger partial charge in [0, 0.05) is 12.1 Å². The van der Waals surface area contributed by atoms with E-state index in [0.717, 1.165) is 5.56 Å². The Morgan fingerprint density at radius 1 is 1.37 bits per heavy atom. The number of benzene rings is 1. The van der Waals surface area contributed by atoms with Crippen LogP contribution >= 0.6 is 0 Å². The van der Waals surface area contributed by atoms with Gasteiger partial charge in [-0.05, 0) is 51.8 Å². The van der Waals surface area contributed by atoms with Crippen LogP contribution in [0.2, 0.25) is 0 Å².